The van der Waals surface area contributed by atoms with Gasteiger partial charge in [-0.15, -0.1) is 8.78 Å². The Bertz CT molecular complexity index is 1200. The van der Waals surface area contributed by atoms with Crippen molar-refractivity contribution in [2.24, 2.45) is 7.05 Å². The van der Waals surface area contributed by atoms with E-state index in [1.165, 1.54) is 36.4 Å². The molecule has 1 aliphatic heterocycles. The van der Waals surface area contributed by atoms with Gasteiger partial charge in [0.25, 0.3) is 14.8 Å². The van der Waals surface area contributed by atoms with E-state index in [1.54, 1.807) is 11.0 Å². The fourth-order valence-corrected chi connectivity index (χ4v) is 4.45. The van der Waals surface area contributed by atoms with Gasteiger partial charge in [-0.05, 0) is 41.9 Å². The maximum atomic E-state index is 13.2. The van der Waals surface area contributed by atoms with E-state index in [0.29, 0.717) is 5.52 Å². The minimum absolute atomic E-state index is 0.177. The Morgan fingerprint density at radius 3 is 2.73 bits per heavy atom. The van der Waals surface area contributed by atoms with Gasteiger partial charge in [-0.2, -0.15) is 0 Å². The van der Waals surface area contributed by atoms with Crippen molar-refractivity contribution in [3.05, 3.63) is 45.9 Å². The number of alkyl halides is 2. The molecule has 1 aliphatic rings. The van der Waals surface area contributed by atoms with Crippen LogP contribution in [0.25, 0.3) is 10.9 Å². The number of benzene rings is 2. The zero-order valence-corrected chi connectivity index (χ0v) is 14.7. The van der Waals surface area contributed by atoms with Crippen LogP contribution in [0.5, 0.6) is 11.5 Å². The first-order valence-corrected chi connectivity index (χ1v) is 9.44. The van der Waals surface area contributed by atoms with E-state index in [9.17, 15) is 22.0 Å². The summed E-state index contributed by atoms with van der Waals surface area (Å²) in [5, 5.41) is 0.254. The molecule has 0 radical (unpaired) electrons. The van der Waals surface area contributed by atoms with Gasteiger partial charge in [-0.1, -0.05) is 6.07 Å². The molecule has 4 rings (SSSR count). The van der Waals surface area contributed by atoms with Gasteiger partial charge in [0.15, 0.2) is 11.5 Å². The van der Waals surface area contributed by atoms with Crippen molar-refractivity contribution in [3.63, 3.8) is 0 Å². The highest BCUT2D eigenvalue weighted by Gasteiger charge is 2.45. The Morgan fingerprint density at radius 1 is 1.19 bits per heavy atom. The summed E-state index contributed by atoms with van der Waals surface area (Å²) in [7, 11) is -2.46. The SMILES string of the molecule is Cn1sc(=O)c2cc(S(=O)(=O)Nc3cccc4c3OC(F)(F)O4)ccc21. The summed E-state index contributed by atoms with van der Waals surface area (Å²) in [6.45, 7) is 0. The Hall–Kier alpha value is -2.66. The quantitative estimate of drug-likeness (QED) is 0.731. The van der Waals surface area contributed by atoms with Crippen LogP contribution in [0.4, 0.5) is 14.5 Å². The predicted octanol–water partition coefficient (Wildman–Crippen LogP) is 2.72. The van der Waals surface area contributed by atoms with E-state index in [0.717, 1.165) is 11.5 Å². The molecule has 2 heterocycles. The summed E-state index contributed by atoms with van der Waals surface area (Å²) in [4.78, 5) is 11.7. The number of fused-ring (bicyclic) bond motifs is 2. The summed E-state index contributed by atoms with van der Waals surface area (Å²) in [5.41, 5.74) is 0.397. The lowest BCUT2D eigenvalue weighted by molar-refractivity contribution is -0.286. The number of ether oxygens (including phenoxy) is 2. The van der Waals surface area contributed by atoms with Crippen LogP contribution in [-0.2, 0) is 17.1 Å². The van der Waals surface area contributed by atoms with E-state index in [-0.39, 0.29) is 26.5 Å². The average molecular weight is 400 g/mol. The Labute approximate surface area is 149 Å². The molecule has 1 N–H and O–H groups in total. The van der Waals surface area contributed by atoms with Crippen molar-refractivity contribution in [2.45, 2.75) is 11.2 Å². The van der Waals surface area contributed by atoms with Crippen LogP contribution >= 0.6 is 11.5 Å². The molecule has 0 saturated carbocycles. The van der Waals surface area contributed by atoms with Gasteiger partial charge in [0.1, 0.15) is 0 Å². The monoisotopic (exact) mass is 400 g/mol. The largest absolute Gasteiger partial charge is 0.586 e. The number of rotatable bonds is 3. The molecule has 1 aromatic heterocycles. The molecule has 2 aromatic carbocycles. The highest BCUT2D eigenvalue weighted by atomic mass is 32.2. The van der Waals surface area contributed by atoms with Crippen LogP contribution in [0.15, 0.2) is 46.1 Å². The molecular formula is C15H10F2N2O5S2. The second-order valence-electron chi connectivity index (χ2n) is 5.46. The summed E-state index contributed by atoms with van der Waals surface area (Å²) in [6, 6.07) is 7.92. The number of nitrogens with one attached hydrogen (secondary N) is 1. The smallest absolute Gasteiger partial charge is 0.395 e. The van der Waals surface area contributed by atoms with Crippen molar-refractivity contribution in [1.29, 1.82) is 0 Å². The third kappa shape index (κ3) is 2.69. The molecule has 3 aromatic rings. The molecule has 0 spiro atoms. The highest BCUT2D eigenvalue weighted by Crippen LogP contribution is 2.46. The van der Waals surface area contributed by atoms with E-state index >= 15 is 0 Å². The zero-order valence-electron chi connectivity index (χ0n) is 13.0. The lowest BCUT2D eigenvalue weighted by Gasteiger charge is -2.10. The number of halogens is 2. The number of hydrogen-bond acceptors (Lipinski definition) is 6. The highest BCUT2D eigenvalue weighted by molar-refractivity contribution is 7.92. The number of nitrogens with zero attached hydrogens (tertiary/aromatic N) is 1. The van der Waals surface area contributed by atoms with Crippen molar-refractivity contribution in [2.75, 3.05) is 4.72 Å². The van der Waals surface area contributed by atoms with Gasteiger partial charge in [0, 0.05) is 7.05 Å². The van der Waals surface area contributed by atoms with Crippen molar-refractivity contribution < 1.29 is 26.7 Å². The third-order valence-corrected chi connectivity index (χ3v) is 5.95. The first kappa shape index (κ1) is 16.8. The molecule has 0 bridgehead atoms. The third-order valence-electron chi connectivity index (χ3n) is 3.73. The van der Waals surface area contributed by atoms with Crippen LogP contribution in [0.1, 0.15) is 0 Å². The normalized spacial score (nSPS) is 15.3. The lowest BCUT2D eigenvalue weighted by Crippen LogP contribution is -2.26. The molecule has 7 nitrogen and oxygen atoms in total. The Morgan fingerprint density at radius 2 is 1.96 bits per heavy atom. The summed E-state index contributed by atoms with van der Waals surface area (Å²) >= 11 is 0.948. The lowest BCUT2D eigenvalue weighted by atomic mass is 10.2. The number of anilines is 1. The molecule has 0 atom stereocenters. The van der Waals surface area contributed by atoms with E-state index in [2.05, 4.69) is 14.2 Å². The fourth-order valence-electron chi connectivity index (χ4n) is 2.60. The summed E-state index contributed by atoms with van der Waals surface area (Å²) in [5.74, 6) is -0.689. The van der Waals surface area contributed by atoms with E-state index in [4.69, 9.17) is 0 Å². The second kappa shape index (κ2) is 5.42. The Balaban J connectivity index is 1.75. The van der Waals surface area contributed by atoms with Crippen LogP contribution in [0.2, 0.25) is 0 Å². The van der Waals surface area contributed by atoms with Crippen molar-refractivity contribution in [1.82, 2.24) is 3.96 Å². The van der Waals surface area contributed by atoms with Gasteiger partial charge in [-0.25, -0.2) is 8.42 Å². The van der Waals surface area contributed by atoms with Crippen LogP contribution < -0.4 is 18.9 Å². The first-order valence-electron chi connectivity index (χ1n) is 7.18. The number of aryl methyl sites for hydroxylation is 1. The van der Waals surface area contributed by atoms with Crippen LogP contribution in [0, 0.1) is 0 Å². The Kier molecular flexibility index (Phi) is 3.50. The molecule has 0 unspecified atom stereocenters. The van der Waals surface area contributed by atoms with E-state index in [1.807, 2.05) is 0 Å². The zero-order chi connectivity index (χ0) is 18.7. The van der Waals surface area contributed by atoms with Gasteiger partial charge in [0.05, 0.1) is 21.5 Å². The average Bonchev–Trinajstić information content (AvgIpc) is 3.03. The van der Waals surface area contributed by atoms with Crippen LogP contribution in [0.3, 0.4) is 0 Å². The molecule has 0 aliphatic carbocycles. The molecule has 136 valence electrons. The number of sulfonamides is 1. The van der Waals surface area contributed by atoms with Gasteiger partial charge in [-0.3, -0.25) is 13.5 Å². The van der Waals surface area contributed by atoms with Gasteiger partial charge >= 0.3 is 6.29 Å². The molecule has 0 saturated heterocycles. The number of aromatic nitrogens is 1. The van der Waals surface area contributed by atoms with E-state index < -0.39 is 22.1 Å². The number of hydrogen-bond donors (Lipinski definition) is 1. The molecule has 11 heteroatoms. The maximum absolute atomic E-state index is 13.2. The molecular weight excluding hydrogens is 390 g/mol. The van der Waals surface area contributed by atoms with Crippen molar-refractivity contribution >= 4 is 38.1 Å². The van der Waals surface area contributed by atoms with Crippen LogP contribution in [-0.4, -0.2) is 18.7 Å². The second-order valence-corrected chi connectivity index (χ2v) is 8.24. The van der Waals surface area contributed by atoms with Crippen molar-refractivity contribution in [3.8, 4) is 11.5 Å². The van der Waals surface area contributed by atoms with Gasteiger partial charge < -0.3 is 9.47 Å². The molecule has 0 amide bonds. The minimum atomic E-state index is -4.15. The number of para-hydroxylation sites is 1. The first-order chi connectivity index (χ1) is 12.2. The van der Waals surface area contributed by atoms with Gasteiger partial charge in [0.2, 0.25) is 0 Å². The molecule has 26 heavy (non-hydrogen) atoms. The summed E-state index contributed by atoms with van der Waals surface area (Å²) in [6.07, 6.45) is -3.87. The predicted molar refractivity (Wildman–Crippen MR) is 90.5 cm³/mol. The topological polar surface area (TPSA) is 86.6 Å². The summed E-state index contributed by atoms with van der Waals surface area (Å²) < 4.78 is 63.9. The molecule has 0 fully saturated rings. The standard InChI is InChI=1S/C15H10F2N2O5S2/c1-19-11-6-5-8(7-9(11)14(20)25-19)26(21,22)18-10-3-2-4-12-13(10)24-15(16,17)23-12/h2-7,18H,1H3. The maximum Gasteiger partial charge on any atom is 0.586 e. The minimum Gasteiger partial charge on any atom is -0.395 e. The fraction of sp³-hybridized carbons (Fsp3) is 0.133.